The van der Waals surface area contributed by atoms with Gasteiger partial charge in [0.05, 0.1) is 0 Å². The van der Waals surface area contributed by atoms with Gasteiger partial charge < -0.3 is 0 Å². The van der Waals surface area contributed by atoms with E-state index in [-0.39, 0.29) is 37.1 Å². The first-order chi connectivity index (χ1) is 29.7. The minimum absolute atomic E-state index is 0.0457. The molecule has 0 radical (unpaired) electrons. The van der Waals surface area contributed by atoms with Gasteiger partial charge in [0, 0.05) is 0 Å². The zero-order chi connectivity index (χ0) is 44.6. The summed E-state index contributed by atoms with van der Waals surface area (Å²) in [5.74, 6) is 5.29. The van der Waals surface area contributed by atoms with Crippen LogP contribution in [0.2, 0.25) is 0 Å². The van der Waals surface area contributed by atoms with E-state index >= 15 is 0 Å². The molecule has 8 bridgehead atoms. The molecule has 7 unspecified atom stereocenters. The van der Waals surface area contributed by atoms with Crippen LogP contribution in [0, 0.1) is 33.5 Å². The summed E-state index contributed by atoms with van der Waals surface area (Å²) in [5, 5.41) is 27.5. The topological polar surface area (TPSA) is 40.5 Å². The number of rotatable bonds is 10. The Balaban J connectivity index is 1.07. The summed E-state index contributed by atoms with van der Waals surface area (Å²) in [6.07, 6.45) is 29.9. The third-order valence-electron chi connectivity index (χ3n) is 20.6. The van der Waals surface area contributed by atoms with Gasteiger partial charge in [-0.1, -0.05) is 0 Å². The third kappa shape index (κ3) is 7.84. The molecular weight excluding hydrogens is 841 g/mol. The van der Waals surface area contributed by atoms with E-state index in [2.05, 4.69) is 93.5 Å². The number of phenolic OH excluding ortho intramolecular Hbond substituents is 2. The monoisotopic (exact) mass is 929 g/mol. The van der Waals surface area contributed by atoms with Crippen LogP contribution in [0.5, 0.6) is 11.5 Å². The molecule has 2 aromatic carbocycles. The molecule has 12 rings (SSSR count). The van der Waals surface area contributed by atoms with Crippen molar-refractivity contribution in [2.45, 2.75) is 254 Å². The van der Waals surface area contributed by atoms with Gasteiger partial charge in [-0.15, -0.1) is 0 Å². The Morgan fingerprint density at radius 1 is 0.508 bits per heavy atom. The summed E-state index contributed by atoms with van der Waals surface area (Å²) >= 11 is -0.301. The molecule has 8 atom stereocenters. The fourth-order valence-electron chi connectivity index (χ4n) is 18.1. The van der Waals surface area contributed by atoms with Gasteiger partial charge >= 0.3 is 398 Å². The van der Waals surface area contributed by atoms with Crippen molar-refractivity contribution < 1.29 is 25.7 Å². The molecule has 0 amide bonds. The van der Waals surface area contributed by atoms with Crippen molar-refractivity contribution in [3.05, 3.63) is 57.6 Å². The molecule has 2 aromatic rings. The number of hydrogen-bond acceptors (Lipinski definition) is 2. The van der Waals surface area contributed by atoms with Gasteiger partial charge in [0.2, 0.25) is 0 Å². The van der Waals surface area contributed by atoms with Crippen molar-refractivity contribution in [2.24, 2.45) is 33.5 Å². The van der Waals surface area contributed by atoms with Gasteiger partial charge in [0.25, 0.3) is 0 Å². The van der Waals surface area contributed by atoms with Gasteiger partial charge in [-0.05, 0) is 0 Å². The van der Waals surface area contributed by atoms with Crippen LogP contribution >= 0.6 is 15.9 Å². The Bertz CT molecular complexity index is 2020. The predicted molar refractivity (Wildman–Crippen MR) is 268 cm³/mol. The molecule has 0 spiro atoms. The maximum absolute atomic E-state index is 13.0. The normalized spacial score (nSPS) is 41.6. The standard InChI is InChI=1S/C58H88O2S2.Ti/c1-11-53-25-39-26-54(12-2,33-53)36-57(29-39,35-53)45-23-43(51(5,6)7)21-41(49(45)59)31-61-47-19-17-15-16-18-20-48(47)62-32-42-22-44(52(8,9)10)24-46(50(42)60)58-30-40-27-55(13-3,37-58)34-56(14-4,28-40)38-58;/h21-24,39-40,47-48,59-60H,11-20,25-38H2,1-10H3;/t39?,40?,47-,48?,53?,54?,55?,56?,57?,58?;/m0./s1. The third-order valence-corrected chi connectivity index (χ3v) is 36.5. The van der Waals surface area contributed by atoms with Crippen molar-refractivity contribution in [1.29, 1.82) is 0 Å². The van der Waals surface area contributed by atoms with Gasteiger partial charge in [-0.3, -0.25) is 0 Å². The summed E-state index contributed by atoms with van der Waals surface area (Å²) in [7, 11) is 0.673. The van der Waals surface area contributed by atoms with E-state index in [0.717, 1.165) is 45.3 Å². The molecular formula is C58H88O2S2Ti. The molecule has 9 saturated carbocycles. The van der Waals surface area contributed by atoms with Crippen molar-refractivity contribution >= 4 is 15.9 Å². The SMILES string of the molecule is CCC12CC3CC(CC)(C1)CC(c1cc(C(C)(C)C)cc(C[S]4=[Ti]=[S](Cc5cc(C(C)(C)C)cc(C67CC8CC(CC)(CC(CC)(C8)C6)C7)c5O)[C@H]5CCCCCCC54)c1O)(C3)C2. The summed E-state index contributed by atoms with van der Waals surface area (Å²) < 4.78 is 0. The van der Waals surface area contributed by atoms with Crippen LogP contribution in [0.25, 0.3) is 0 Å². The first-order valence-corrected chi connectivity index (χ1v) is 33.4. The molecule has 0 aromatic heterocycles. The number of benzene rings is 2. The van der Waals surface area contributed by atoms with E-state index in [4.69, 9.17) is 0 Å². The molecule has 2 nitrogen and oxygen atoms in total. The van der Waals surface area contributed by atoms with E-state index < -0.39 is 0 Å². The molecule has 10 aliphatic rings. The van der Waals surface area contributed by atoms with E-state index in [1.54, 1.807) is 0 Å². The van der Waals surface area contributed by atoms with Gasteiger partial charge in [-0.2, -0.15) is 0 Å². The zero-order valence-electron chi connectivity index (χ0n) is 41.8. The zero-order valence-corrected chi connectivity index (χ0v) is 45.0. The predicted octanol–water partition coefficient (Wildman–Crippen LogP) is 17.0. The molecule has 1 heterocycles. The second kappa shape index (κ2) is 16.0. The Labute approximate surface area is 395 Å². The average molecular weight is 929 g/mol. The Hall–Kier alpha value is -0.546. The Morgan fingerprint density at radius 2 is 0.857 bits per heavy atom. The van der Waals surface area contributed by atoms with E-state index in [0.29, 0.717) is 37.6 Å². The second-order valence-electron chi connectivity index (χ2n) is 26.9. The van der Waals surface area contributed by atoms with Crippen molar-refractivity contribution in [3.63, 3.8) is 0 Å². The molecule has 1 aliphatic heterocycles. The number of aromatic hydroxyl groups is 2. The summed E-state index contributed by atoms with van der Waals surface area (Å²) in [6, 6.07) is 10.1. The Morgan fingerprint density at radius 3 is 1.17 bits per heavy atom. The van der Waals surface area contributed by atoms with Crippen molar-refractivity contribution in [1.82, 2.24) is 0 Å². The van der Waals surface area contributed by atoms with E-state index in [1.165, 1.54) is 175 Å². The molecule has 348 valence electrons. The number of phenols is 2. The van der Waals surface area contributed by atoms with Crippen molar-refractivity contribution in [2.75, 3.05) is 0 Å². The average Bonchev–Trinajstić information content (AvgIpc) is 3.50. The summed E-state index contributed by atoms with van der Waals surface area (Å²) in [5.41, 5.74) is 10.5. The van der Waals surface area contributed by atoms with Crippen LogP contribution in [0.4, 0.5) is 0 Å². The van der Waals surface area contributed by atoms with Gasteiger partial charge in [-0.25, -0.2) is 0 Å². The minimum atomic E-state index is -0.301. The fourth-order valence-corrected chi connectivity index (χ4v) is 38.9. The van der Waals surface area contributed by atoms with E-state index in [1.807, 2.05) is 0 Å². The Kier molecular flexibility index (Phi) is 11.7. The maximum atomic E-state index is 13.0. The van der Waals surface area contributed by atoms with Gasteiger partial charge in [0.15, 0.2) is 0 Å². The van der Waals surface area contributed by atoms with Crippen LogP contribution in [0.3, 0.4) is 0 Å². The summed E-state index contributed by atoms with van der Waals surface area (Å²) in [4.78, 5) is 0. The fraction of sp³-hybridized carbons (Fsp3) is 0.793. The molecule has 9 aliphatic carbocycles. The first kappa shape index (κ1) is 46.2. The van der Waals surface area contributed by atoms with Crippen LogP contribution < -0.4 is 0 Å². The number of hydrogen-bond donors (Lipinski definition) is 2. The van der Waals surface area contributed by atoms with Crippen LogP contribution in [-0.4, -0.2) is 20.7 Å². The molecule has 0 saturated heterocycles. The second-order valence-corrected chi connectivity index (χ2v) is 38.3. The molecule has 2 N–H and O–H groups in total. The van der Waals surface area contributed by atoms with Crippen LogP contribution in [0.1, 0.15) is 244 Å². The molecule has 63 heavy (non-hydrogen) atoms. The van der Waals surface area contributed by atoms with Gasteiger partial charge in [0.1, 0.15) is 0 Å². The van der Waals surface area contributed by atoms with Crippen LogP contribution in [-0.2, 0) is 48.6 Å². The number of fused-ring (bicyclic) bond motifs is 1. The molecule has 9 fully saturated rings. The molecule has 5 heteroatoms. The van der Waals surface area contributed by atoms with Crippen molar-refractivity contribution in [3.8, 4) is 11.5 Å². The first-order valence-electron chi connectivity index (χ1n) is 26.6. The quantitative estimate of drug-likeness (QED) is 0.233. The summed E-state index contributed by atoms with van der Waals surface area (Å²) in [6.45, 7) is 24.5. The van der Waals surface area contributed by atoms with Crippen LogP contribution in [0.15, 0.2) is 24.3 Å². The van der Waals surface area contributed by atoms with E-state index in [9.17, 15) is 10.2 Å².